The molecule has 0 amide bonds. The molecule has 4 atom stereocenters. The molecule has 1 saturated heterocycles. The van der Waals surface area contributed by atoms with Gasteiger partial charge in [0.1, 0.15) is 11.7 Å². The Bertz CT molecular complexity index is 841. The van der Waals surface area contributed by atoms with Crippen molar-refractivity contribution in [3.8, 4) is 0 Å². The number of esters is 1. The van der Waals surface area contributed by atoms with E-state index >= 15 is 0 Å². The van der Waals surface area contributed by atoms with E-state index in [4.69, 9.17) is 26.8 Å². The minimum atomic E-state index is -2.73. The number of imidazole rings is 1. The van der Waals surface area contributed by atoms with Crippen LogP contribution < -0.4 is 5.73 Å². The highest BCUT2D eigenvalue weighted by Gasteiger charge is 2.39. The lowest BCUT2D eigenvalue weighted by Gasteiger charge is -2.19. The first-order valence-corrected chi connectivity index (χ1v) is 9.32. The van der Waals surface area contributed by atoms with Gasteiger partial charge < -0.3 is 29.7 Å². The summed E-state index contributed by atoms with van der Waals surface area (Å²) in [6, 6.07) is 0. The lowest BCUT2D eigenvalue weighted by Crippen LogP contribution is -2.28. The van der Waals surface area contributed by atoms with Gasteiger partial charge in [-0.3, -0.25) is 4.57 Å². The lowest BCUT2D eigenvalue weighted by atomic mass is 10.2. The number of carbonyl (C=O) groups excluding carboxylic acids is 1. The second kappa shape index (κ2) is 8.13. The zero-order chi connectivity index (χ0) is 19.7. The van der Waals surface area contributed by atoms with Crippen LogP contribution in [0.5, 0.6) is 0 Å². The number of halogens is 2. The van der Waals surface area contributed by atoms with Crippen molar-refractivity contribution in [1.82, 2.24) is 19.5 Å². The first-order chi connectivity index (χ1) is 12.8. The summed E-state index contributed by atoms with van der Waals surface area (Å²) < 4.78 is 31.1. The lowest BCUT2D eigenvalue weighted by molar-refractivity contribution is -0.151. The molecule has 0 aliphatic carbocycles. The van der Waals surface area contributed by atoms with Crippen LogP contribution in [0.1, 0.15) is 12.6 Å². The van der Waals surface area contributed by atoms with Gasteiger partial charge in [0.05, 0.1) is 26.1 Å². The summed E-state index contributed by atoms with van der Waals surface area (Å²) >= 11 is 5.79. The van der Waals surface area contributed by atoms with Crippen LogP contribution in [0, 0.1) is 0 Å². The molecule has 1 aliphatic heterocycles. The topological polar surface area (TPSA) is 155 Å². The normalized spacial score (nSPS) is 23.9. The zero-order valence-electron chi connectivity index (χ0n) is 13.9. The Morgan fingerprint density at radius 3 is 3.00 bits per heavy atom. The highest BCUT2D eigenvalue weighted by atomic mass is 35.5. The van der Waals surface area contributed by atoms with Crippen LogP contribution in [0.3, 0.4) is 0 Å². The van der Waals surface area contributed by atoms with Crippen LogP contribution in [0.2, 0.25) is 5.28 Å². The number of aromatic nitrogens is 4. The van der Waals surface area contributed by atoms with Crippen molar-refractivity contribution in [3.63, 3.8) is 0 Å². The summed E-state index contributed by atoms with van der Waals surface area (Å²) in [7, 11) is -1.64. The van der Waals surface area contributed by atoms with E-state index in [9.17, 15) is 19.0 Å². The molecule has 4 unspecified atom stereocenters. The highest BCUT2D eigenvalue weighted by molar-refractivity contribution is 7.46. The van der Waals surface area contributed by atoms with Gasteiger partial charge in [-0.25, -0.2) is 14.2 Å². The highest BCUT2D eigenvalue weighted by Crippen LogP contribution is 2.36. The number of hydrogen-bond acceptors (Lipinski definition) is 10. The van der Waals surface area contributed by atoms with E-state index in [-0.39, 0.29) is 35.3 Å². The SMILES string of the molecule is COC(=O)C(OCC1CC(F)C(n2cnc3c(N)nc(Cl)nc32)O1)P(O)O. The zero-order valence-corrected chi connectivity index (χ0v) is 15.5. The van der Waals surface area contributed by atoms with E-state index in [0.29, 0.717) is 0 Å². The van der Waals surface area contributed by atoms with E-state index in [1.165, 1.54) is 10.9 Å². The molecule has 0 saturated carbocycles. The van der Waals surface area contributed by atoms with Crippen molar-refractivity contribution in [2.24, 2.45) is 0 Å². The molecule has 3 rings (SSSR count). The van der Waals surface area contributed by atoms with Crippen LogP contribution >= 0.6 is 20.0 Å². The fourth-order valence-corrected chi connectivity index (χ4v) is 3.36. The Morgan fingerprint density at radius 1 is 1.59 bits per heavy atom. The molecule has 2 aromatic heterocycles. The third-order valence-corrected chi connectivity index (χ3v) is 4.83. The fraction of sp³-hybridized carbons (Fsp3) is 0.538. The molecular formula is C13H16ClFN5O6P. The van der Waals surface area contributed by atoms with Crippen molar-refractivity contribution in [2.75, 3.05) is 19.5 Å². The average molecular weight is 424 g/mol. The Hall–Kier alpha value is -1.69. The van der Waals surface area contributed by atoms with Crippen molar-refractivity contribution in [3.05, 3.63) is 11.6 Å². The van der Waals surface area contributed by atoms with E-state index in [1.807, 2.05) is 0 Å². The van der Waals surface area contributed by atoms with Crippen LogP contribution in [0.15, 0.2) is 6.33 Å². The fourth-order valence-electron chi connectivity index (χ4n) is 2.68. The number of ether oxygens (including phenoxy) is 3. The van der Waals surface area contributed by atoms with Crippen molar-refractivity contribution in [1.29, 1.82) is 0 Å². The third-order valence-electron chi connectivity index (χ3n) is 3.88. The number of nitrogen functional groups attached to an aromatic ring is 1. The molecular weight excluding hydrogens is 408 g/mol. The van der Waals surface area contributed by atoms with Gasteiger partial charge in [0, 0.05) is 6.42 Å². The minimum absolute atomic E-state index is 0.0530. The summed E-state index contributed by atoms with van der Waals surface area (Å²) in [5.41, 5.74) is 6.19. The first kappa shape index (κ1) is 20.1. The number of carbonyl (C=O) groups is 1. The number of nitrogens with zero attached hydrogens (tertiary/aromatic N) is 4. The van der Waals surface area contributed by atoms with Crippen molar-refractivity contribution in [2.45, 2.75) is 30.8 Å². The molecule has 14 heteroatoms. The van der Waals surface area contributed by atoms with E-state index in [2.05, 4.69) is 19.7 Å². The van der Waals surface area contributed by atoms with Crippen LogP contribution in [0.25, 0.3) is 11.2 Å². The number of methoxy groups -OCH3 is 1. The summed E-state index contributed by atoms with van der Waals surface area (Å²) in [6.45, 7) is -0.249. The molecule has 1 aliphatic rings. The van der Waals surface area contributed by atoms with Gasteiger partial charge in [0.15, 0.2) is 17.7 Å². The van der Waals surface area contributed by atoms with Gasteiger partial charge in [0.2, 0.25) is 19.5 Å². The monoisotopic (exact) mass is 423 g/mol. The third kappa shape index (κ3) is 4.10. The van der Waals surface area contributed by atoms with Gasteiger partial charge in [0.25, 0.3) is 0 Å². The molecule has 0 aromatic carbocycles. The van der Waals surface area contributed by atoms with Gasteiger partial charge >= 0.3 is 5.97 Å². The predicted molar refractivity (Wildman–Crippen MR) is 91.3 cm³/mol. The van der Waals surface area contributed by atoms with Crippen molar-refractivity contribution >= 4 is 42.9 Å². The second-order valence-corrected chi connectivity index (χ2v) is 7.08. The maximum Gasteiger partial charge on any atom is 0.344 e. The van der Waals surface area contributed by atoms with E-state index in [1.54, 1.807) is 0 Å². The molecule has 0 bridgehead atoms. The Balaban J connectivity index is 1.73. The number of nitrogens with two attached hydrogens (primary N) is 1. The summed E-state index contributed by atoms with van der Waals surface area (Å²) in [5, 5.41) is -0.116. The smallest absolute Gasteiger partial charge is 0.344 e. The van der Waals surface area contributed by atoms with Crippen molar-refractivity contribution < 1.29 is 33.2 Å². The number of hydrogen-bond donors (Lipinski definition) is 3. The minimum Gasteiger partial charge on any atom is -0.467 e. The van der Waals surface area contributed by atoms with Crippen LogP contribution in [0.4, 0.5) is 10.2 Å². The quantitative estimate of drug-likeness (QED) is 0.339. The summed E-state index contributed by atoms with van der Waals surface area (Å²) in [5.74, 6) is -2.46. The van der Waals surface area contributed by atoms with E-state index in [0.717, 1.165) is 7.11 Å². The van der Waals surface area contributed by atoms with Crippen LogP contribution in [-0.2, 0) is 19.0 Å². The first-order valence-electron chi connectivity index (χ1n) is 7.63. The van der Waals surface area contributed by atoms with Crippen LogP contribution in [-0.4, -0.2) is 67.1 Å². The summed E-state index contributed by atoms with van der Waals surface area (Å²) in [4.78, 5) is 41.8. The Morgan fingerprint density at radius 2 is 2.33 bits per heavy atom. The number of rotatable bonds is 6. The van der Waals surface area contributed by atoms with Gasteiger partial charge in [-0.05, 0) is 11.6 Å². The number of fused-ring (bicyclic) bond motifs is 1. The van der Waals surface area contributed by atoms with Gasteiger partial charge in [-0.2, -0.15) is 9.97 Å². The number of alkyl halides is 1. The largest absolute Gasteiger partial charge is 0.467 e. The molecule has 148 valence electrons. The molecule has 4 N–H and O–H groups in total. The molecule has 0 spiro atoms. The molecule has 3 heterocycles. The summed E-state index contributed by atoms with van der Waals surface area (Å²) in [6.07, 6.45) is -2.01. The Kier molecular flexibility index (Phi) is 6.04. The van der Waals surface area contributed by atoms with Gasteiger partial charge in [-0.1, -0.05) is 0 Å². The molecule has 1 fully saturated rings. The standard InChI is InChI=1S/C13H16ClFN5O6P/c1-24-11(21)12(27(22)23)25-3-5-2-6(15)10(26-5)20-4-17-7-8(16)18-13(14)19-9(7)20/h4-6,10,12,22-23H,2-3H2,1H3,(H2,16,18,19). The second-order valence-electron chi connectivity index (χ2n) is 5.63. The maximum absolute atomic E-state index is 14.5. The molecule has 11 nitrogen and oxygen atoms in total. The Labute approximate surface area is 158 Å². The average Bonchev–Trinajstić information content (AvgIpc) is 3.17. The maximum atomic E-state index is 14.5. The molecule has 27 heavy (non-hydrogen) atoms. The van der Waals surface area contributed by atoms with Gasteiger partial charge in [-0.15, -0.1) is 0 Å². The predicted octanol–water partition coefficient (Wildman–Crippen LogP) is 0.500. The number of anilines is 1. The molecule has 2 aromatic rings. The molecule has 0 radical (unpaired) electrons. The van der Waals surface area contributed by atoms with E-state index < -0.39 is 38.7 Å².